The van der Waals surface area contributed by atoms with Crippen LogP contribution in [0.25, 0.3) is 0 Å². The van der Waals surface area contributed by atoms with E-state index in [-0.39, 0.29) is 0 Å². The van der Waals surface area contributed by atoms with E-state index >= 15 is 0 Å². The minimum atomic E-state index is 0.585. The zero-order valence-corrected chi connectivity index (χ0v) is 11.4. The van der Waals surface area contributed by atoms with Gasteiger partial charge in [-0.05, 0) is 46.0 Å². The Morgan fingerprint density at radius 2 is 2.28 bits per heavy atom. The molecule has 0 bridgehead atoms. The lowest BCUT2D eigenvalue weighted by Crippen LogP contribution is -2.16. The van der Waals surface area contributed by atoms with Crippen LogP contribution >= 0.6 is 0 Å². The summed E-state index contributed by atoms with van der Waals surface area (Å²) in [6, 6.07) is 2.77. The van der Waals surface area contributed by atoms with Crippen LogP contribution in [0, 0.1) is 0 Å². The normalized spacial score (nSPS) is 15.5. The molecule has 1 saturated carbocycles. The average Bonchev–Trinajstić information content (AvgIpc) is 3.06. The molecule has 0 atom stereocenters. The molecule has 0 unspecified atom stereocenters. The molecule has 0 radical (unpaired) electrons. The van der Waals surface area contributed by atoms with E-state index in [1.807, 2.05) is 6.07 Å². The maximum absolute atomic E-state index is 5.64. The minimum Gasteiger partial charge on any atom is -0.467 e. The number of furan rings is 1. The standard InChI is InChI=1S/C14H24N2O2/c1-16(2)7-3-8-17-11-14-12(6-9-18-14)10-15-13-4-5-13/h6,9,13,15H,3-5,7-8,10-11H2,1-2H3. The van der Waals surface area contributed by atoms with E-state index in [2.05, 4.69) is 24.3 Å². The van der Waals surface area contributed by atoms with E-state index in [1.165, 1.54) is 18.4 Å². The molecule has 1 fully saturated rings. The Hall–Kier alpha value is -0.840. The van der Waals surface area contributed by atoms with Gasteiger partial charge < -0.3 is 19.4 Å². The third kappa shape index (κ3) is 4.80. The molecule has 0 saturated heterocycles. The summed E-state index contributed by atoms with van der Waals surface area (Å²) in [5.74, 6) is 0.966. The van der Waals surface area contributed by atoms with Crippen molar-refractivity contribution in [3.63, 3.8) is 0 Å². The summed E-state index contributed by atoms with van der Waals surface area (Å²) in [5, 5.41) is 3.49. The molecule has 2 rings (SSSR count). The molecule has 1 aliphatic rings. The van der Waals surface area contributed by atoms with Gasteiger partial charge >= 0.3 is 0 Å². The van der Waals surface area contributed by atoms with E-state index in [1.54, 1.807) is 6.26 Å². The maximum Gasteiger partial charge on any atom is 0.133 e. The van der Waals surface area contributed by atoms with Crippen molar-refractivity contribution in [2.45, 2.75) is 38.5 Å². The van der Waals surface area contributed by atoms with Crippen LogP contribution in [0.5, 0.6) is 0 Å². The highest BCUT2D eigenvalue weighted by Crippen LogP contribution is 2.20. The molecule has 18 heavy (non-hydrogen) atoms. The van der Waals surface area contributed by atoms with Gasteiger partial charge in [-0.2, -0.15) is 0 Å². The molecule has 0 aromatic carbocycles. The Kier molecular flexibility index (Phi) is 5.23. The van der Waals surface area contributed by atoms with Crippen molar-refractivity contribution in [3.8, 4) is 0 Å². The molecule has 0 amide bonds. The van der Waals surface area contributed by atoms with Crippen molar-refractivity contribution in [1.82, 2.24) is 10.2 Å². The van der Waals surface area contributed by atoms with E-state index in [0.29, 0.717) is 6.61 Å². The first-order chi connectivity index (χ1) is 8.75. The van der Waals surface area contributed by atoms with Crippen LogP contribution in [0.3, 0.4) is 0 Å². The molecule has 4 nitrogen and oxygen atoms in total. The van der Waals surface area contributed by atoms with E-state index in [9.17, 15) is 0 Å². The van der Waals surface area contributed by atoms with Gasteiger partial charge in [0, 0.05) is 24.8 Å². The molecule has 1 aromatic rings. The fraction of sp³-hybridized carbons (Fsp3) is 0.714. The lowest BCUT2D eigenvalue weighted by molar-refractivity contribution is 0.0986. The molecular weight excluding hydrogens is 228 g/mol. The fourth-order valence-electron chi connectivity index (χ4n) is 1.84. The van der Waals surface area contributed by atoms with Crippen molar-refractivity contribution in [3.05, 3.63) is 23.7 Å². The van der Waals surface area contributed by atoms with Gasteiger partial charge in [0.1, 0.15) is 12.4 Å². The molecule has 0 aliphatic heterocycles. The Labute approximate surface area is 109 Å². The summed E-state index contributed by atoms with van der Waals surface area (Å²) < 4.78 is 11.1. The van der Waals surface area contributed by atoms with Crippen molar-refractivity contribution in [1.29, 1.82) is 0 Å². The predicted octanol–water partition coefficient (Wildman–Crippen LogP) is 2.00. The number of nitrogens with one attached hydrogen (secondary N) is 1. The lowest BCUT2D eigenvalue weighted by Gasteiger charge is -2.09. The molecule has 1 N–H and O–H groups in total. The molecule has 0 spiro atoms. The van der Waals surface area contributed by atoms with Crippen LogP contribution in [-0.4, -0.2) is 38.2 Å². The molecule has 4 heteroatoms. The summed E-state index contributed by atoms with van der Waals surface area (Å²) in [6.45, 7) is 3.34. The number of nitrogens with zero attached hydrogens (tertiary/aromatic N) is 1. The number of ether oxygens (including phenoxy) is 1. The zero-order valence-electron chi connectivity index (χ0n) is 11.4. The third-order valence-electron chi connectivity index (χ3n) is 3.12. The first-order valence-corrected chi connectivity index (χ1v) is 6.77. The second-order valence-corrected chi connectivity index (χ2v) is 5.23. The predicted molar refractivity (Wildman–Crippen MR) is 71.4 cm³/mol. The minimum absolute atomic E-state index is 0.585. The fourth-order valence-corrected chi connectivity index (χ4v) is 1.84. The molecule has 1 heterocycles. The van der Waals surface area contributed by atoms with Crippen LogP contribution in [0.2, 0.25) is 0 Å². The molecule has 102 valence electrons. The largest absolute Gasteiger partial charge is 0.467 e. The first kappa shape index (κ1) is 13.6. The Balaban J connectivity index is 1.63. The Bertz CT molecular complexity index is 345. The summed E-state index contributed by atoms with van der Waals surface area (Å²) in [5.41, 5.74) is 1.23. The zero-order chi connectivity index (χ0) is 12.8. The number of rotatable bonds is 9. The van der Waals surface area contributed by atoms with Gasteiger partial charge in [-0.15, -0.1) is 0 Å². The van der Waals surface area contributed by atoms with Crippen LogP contribution in [0.1, 0.15) is 30.6 Å². The van der Waals surface area contributed by atoms with Crippen molar-refractivity contribution in [2.24, 2.45) is 0 Å². The SMILES string of the molecule is CN(C)CCCOCc1occc1CNC1CC1. The second-order valence-electron chi connectivity index (χ2n) is 5.23. The summed E-state index contributed by atoms with van der Waals surface area (Å²) in [4.78, 5) is 2.17. The Morgan fingerprint density at radius 3 is 3.00 bits per heavy atom. The highest BCUT2D eigenvalue weighted by atomic mass is 16.5. The monoisotopic (exact) mass is 252 g/mol. The van der Waals surface area contributed by atoms with Crippen molar-refractivity contribution in [2.75, 3.05) is 27.2 Å². The van der Waals surface area contributed by atoms with Crippen LogP contribution in [-0.2, 0) is 17.9 Å². The van der Waals surface area contributed by atoms with E-state index in [4.69, 9.17) is 9.15 Å². The smallest absolute Gasteiger partial charge is 0.133 e. The maximum atomic E-state index is 5.64. The molecule has 1 aromatic heterocycles. The van der Waals surface area contributed by atoms with Crippen LogP contribution in [0.15, 0.2) is 16.7 Å². The highest BCUT2D eigenvalue weighted by molar-refractivity contribution is 5.16. The number of hydrogen-bond acceptors (Lipinski definition) is 4. The average molecular weight is 252 g/mol. The third-order valence-corrected chi connectivity index (χ3v) is 3.12. The van der Waals surface area contributed by atoms with Gasteiger partial charge in [0.05, 0.1) is 6.26 Å². The van der Waals surface area contributed by atoms with Gasteiger partial charge in [-0.25, -0.2) is 0 Å². The van der Waals surface area contributed by atoms with Gasteiger partial charge in [0.2, 0.25) is 0 Å². The van der Waals surface area contributed by atoms with Crippen LogP contribution in [0.4, 0.5) is 0 Å². The van der Waals surface area contributed by atoms with Gasteiger partial charge in [0.25, 0.3) is 0 Å². The molecular formula is C14H24N2O2. The second kappa shape index (κ2) is 6.92. The van der Waals surface area contributed by atoms with E-state index in [0.717, 1.165) is 37.9 Å². The quantitative estimate of drug-likeness (QED) is 0.682. The first-order valence-electron chi connectivity index (χ1n) is 6.77. The summed E-state index contributed by atoms with van der Waals surface area (Å²) in [6.07, 6.45) is 5.44. The van der Waals surface area contributed by atoms with Crippen molar-refractivity contribution < 1.29 is 9.15 Å². The lowest BCUT2D eigenvalue weighted by atomic mass is 10.2. The van der Waals surface area contributed by atoms with Crippen molar-refractivity contribution >= 4 is 0 Å². The van der Waals surface area contributed by atoms with E-state index < -0.39 is 0 Å². The Morgan fingerprint density at radius 1 is 1.44 bits per heavy atom. The van der Waals surface area contributed by atoms with Crippen LogP contribution < -0.4 is 5.32 Å². The topological polar surface area (TPSA) is 37.6 Å². The molecule has 1 aliphatic carbocycles. The highest BCUT2D eigenvalue weighted by Gasteiger charge is 2.20. The van der Waals surface area contributed by atoms with Gasteiger partial charge in [-0.3, -0.25) is 0 Å². The van der Waals surface area contributed by atoms with Gasteiger partial charge in [-0.1, -0.05) is 0 Å². The van der Waals surface area contributed by atoms with Gasteiger partial charge in [0.15, 0.2) is 0 Å². The number of hydrogen-bond donors (Lipinski definition) is 1. The summed E-state index contributed by atoms with van der Waals surface area (Å²) >= 11 is 0. The summed E-state index contributed by atoms with van der Waals surface area (Å²) in [7, 11) is 4.16.